The molecule has 0 bridgehead atoms. The summed E-state index contributed by atoms with van der Waals surface area (Å²) in [6.45, 7) is 0. The number of benzene rings is 1. The van der Waals surface area contributed by atoms with Crippen LogP contribution in [0.3, 0.4) is 0 Å². The van der Waals surface area contributed by atoms with Crippen LogP contribution in [0.2, 0.25) is 10.0 Å². The lowest BCUT2D eigenvalue weighted by molar-refractivity contribution is 0.398. The van der Waals surface area contributed by atoms with Crippen LogP contribution in [0, 0.1) is 0 Å². The van der Waals surface area contributed by atoms with E-state index in [1.807, 2.05) is 6.07 Å². The van der Waals surface area contributed by atoms with E-state index in [-0.39, 0.29) is 5.17 Å². The molecule has 7 heteroatoms. The molecule has 0 aliphatic carbocycles. The molecule has 0 aliphatic heterocycles. The predicted octanol–water partition coefficient (Wildman–Crippen LogP) is 4.20. The van der Waals surface area contributed by atoms with Crippen LogP contribution in [-0.4, -0.2) is 24.3 Å². The van der Waals surface area contributed by atoms with Crippen LogP contribution < -0.4 is 14.4 Å². The summed E-state index contributed by atoms with van der Waals surface area (Å²) in [4.78, 5) is 5.90. The van der Waals surface area contributed by atoms with Gasteiger partial charge in [0.25, 0.3) is 5.17 Å². The highest BCUT2D eigenvalue weighted by Crippen LogP contribution is 2.27. The molecule has 1 aromatic carbocycles. The lowest BCUT2D eigenvalue weighted by Gasteiger charge is -2.19. The second-order valence-electron chi connectivity index (χ2n) is 4.04. The lowest BCUT2D eigenvalue weighted by atomic mass is 10.3. The van der Waals surface area contributed by atoms with Crippen molar-refractivity contribution < 1.29 is 9.47 Å². The molecule has 0 spiro atoms. The van der Waals surface area contributed by atoms with E-state index in [9.17, 15) is 0 Å². The highest BCUT2D eigenvalue weighted by molar-refractivity contribution is 7.80. The zero-order valence-electron chi connectivity index (χ0n) is 11.3. The van der Waals surface area contributed by atoms with Gasteiger partial charge in [-0.3, -0.25) is 4.90 Å². The average molecular weight is 343 g/mol. The Morgan fingerprint density at radius 1 is 1.19 bits per heavy atom. The molecule has 2 rings (SSSR count). The van der Waals surface area contributed by atoms with Crippen molar-refractivity contribution >= 4 is 46.4 Å². The minimum atomic E-state index is 0.231. The van der Waals surface area contributed by atoms with Crippen molar-refractivity contribution in [2.24, 2.45) is 0 Å². The molecule has 110 valence electrons. The molecule has 0 aliphatic rings. The quantitative estimate of drug-likeness (QED) is 0.781. The number of methoxy groups -OCH3 is 1. The van der Waals surface area contributed by atoms with Gasteiger partial charge >= 0.3 is 0 Å². The maximum absolute atomic E-state index is 5.94. The van der Waals surface area contributed by atoms with E-state index in [0.29, 0.717) is 27.5 Å². The molecule has 0 radical (unpaired) electrons. The first kappa shape index (κ1) is 15.8. The van der Waals surface area contributed by atoms with Crippen LogP contribution >= 0.6 is 35.4 Å². The van der Waals surface area contributed by atoms with E-state index in [0.717, 1.165) is 0 Å². The second-order valence-corrected chi connectivity index (χ2v) is 5.20. The highest BCUT2D eigenvalue weighted by Gasteiger charge is 2.12. The number of nitrogens with zero attached hydrogens (tertiary/aromatic N) is 2. The van der Waals surface area contributed by atoms with Crippen molar-refractivity contribution in [2.75, 3.05) is 19.1 Å². The first-order valence-electron chi connectivity index (χ1n) is 5.93. The Bertz CT molecular complexity index is 667. The summed E-state index contributed by atoms with van der Waals surface area (Å²) in [5.41, 5.74) is 0. The summed E-state index contributed by atoms with van der Waals surface area (Å²) in [7, 11) is 3.30. The summed E-state index contributed by atoms with van der Waals surface area (Å²) < 4.78 is 10.7. The van der Waals surface area contributed by atoms with Crippen molar-refractivity contribution in [2.45, 2.75) is 0 Å². The fraction of sp³-hybridized carbons (Fsp3) is 0.143. The summed E-state index contributed by atoms with van der Waals surface area (Å²) in [6.07, 6.45) is 0. The molecule has 2 aromatic rings. The van der Waals surface area contributed by atoms with Crippen LogP contribution in [0.4, 0.5) is 5.82 Å². The first-order chi connectivity index (χ1) is 10.0. The highest BCUT2D eigenvalue weighted by atomic mass is 35.5. The van der Waals surface area contributed by atoms with E-state index < -0.39 is 0 Å². The van der Waals surface area contributed by atoms with Crippen molar-refractivity contribution in [3.05, 3.63) is 46.4 Å². The van der Waals surface area contributed by atoms with Gasteiger partial charge in [0.15, 0.2) is 0 Å². The van der Waals surface area contributed by atoms with E-state index in [1.54, 1.807) is 49.4 Å². The maximum Gasteiger partial charge on any atom is 0.270 e. The van der Waals surface area contributed by atoms with Crippen LogP contribution in [0.15, 0.2) is 36.4 Å². The average Bonchev–Trinajstić information content (AvgIpc) is 2.50. The molecule has 21 heavy (non-hydrogen) atoms. The Kier molecular flexibility index (Phi) is 5.22. The molecule has 0 saturated heterocycles. The number of halogens is 2. The summed E-state index contributed by atoms with van der Waals surface area (Å²) in [5, 5.41) is 1.09. The molecule has 0 N–H and O–H groups in total. The number of aromatic nitrogens is 1. The second kappa shape index (κ2) is 6.93. The molecular weight excluding hydrogens is 331 g/mol. The van der Waals surface area contributed by atoms with Gasteiger partial charge in [-0.05, 0) is 30.4 Å². The van der Waals surface area contributed by atoms with Crippen molar-refractivity contribution in [1.29, 1.82) is 0 Å². The number of pyridine rings is 1. The summed E-state index contributed by atoms with van der Waals surface area (Å²) in [6, 6.07) is 10.3. The normalized spacial score (nSPS) is 10.1. The Morgan fingerprint density at radius 2 is 1.95 bits per heavy atom. The van der Waals surface area contributed by atoms with Gasteiger partial charge in [-0.1, -0.05) is 29.3 Å². The lowest BCUT2D eigenvalue weighted by Crippen LogP contribution is -2.29. The fourth-order valence-corrected chi connectivity index (χ4v) is 1.99. The zero-order valence-corrected chi connectivity index (χ0v) is 13.7. The molecule has 1 heterocycles. The third-order valence-electron chi connectivity index (χ3n) is 2.63. The molecule has 0 fully saturated rings. The molecule has 0 saturated carbocycles. The summed E-state index contributed by atoms with van der Waals surface area (Å²) >= 11 is 17.0. The monoisotopic (exact) mass is 342 g/mol. The molecule has 1 aromatic heterocycles. The SMILES string of the molecule is COc1cccc(N(C)C(=S)Oc2ccc(Cl)c(Cl)c2)n1. The van der Waals surface area contributed by atoms with Gasteiger partial charge in [0.1, 0.15) is 11.6 Å². The Morgan fingerprint density at radius 3 is 2.62 bits per heavy atom. The number of ether oxygens (including phenoxy) is 2. The number of hydrogen-bond donors (Lipinski definition) is 0. The molecule has 4 nitrogen and oxygen atoms in total. The van der Waals surface area contributed by atoms with Crippen LogP contribution in [0.5, 0.6) is 11.6 Å². The van der Waals surface area contributed by atoms with Gasteiger partial charge in [-0.2, -0.15) is 4.98 Å². The number of rotatable bonds is 3. The summed E-state index contributed by atoms with van der Waals surface area (Å²) in [5.74, 6) is 1.61. The fourth-order valence-electron chi connectivity index (χ4n) is 1.51. The number of hydrogen-bond acceptors (Lipinski definition) is 4. The van der Waals surface area contributed by atoms with E-state index in [1.165, 1.54) is 0 Å². The van der Waals surface area contributed by atoms with Gasteiger partial charge in [-0.15, -0.1) is 0 Å². The minimum Gasteiger partial charge on any atom is -0.481 e. The van der Waals surface area contributed by atoms with Crippen molar-refractivity contribution in [3.8, 4) is 11.6 Å². The molecule has 0 amide bonds. The molecular formula is C14H12Cl2N2O2S. The predicted molar refractivity (Wildman–Crippen MR) is 88.9 cm³/mol. The molecule has 0 unspecified atom stereocenters. The van der Waals surface area contributed by atoms with Gasteiger partial charge < -0.3 is 9.47 Å². The van der Waals surface area contributed by atoms with Crippen molar-refractivity contribution in [3.63, 3.8) is 0 Å². The van der Waals surface area contributed by atoms with Crippen LogP contribution in [0.1, 0.15) is 0 Å². The van der Waals surface area contributed by atoms with Crippen LogP contribution in [-0.2, 0) is 0 Å². The largest absolute Gasteiger partial charge is 0.481 e. The Balaban J connectivity index is 2.13. The first-order valence-corrected chi connectivity index (χ1v) is 7.09. The van der Waals surface area contributed by atoms with Crippen molar-refractivity contribution in [1.82, 2.24) is 4.98 Å². The zero-order chi connectivity index (χ0) is 15.4. The maximum atomic E-state index is 5.94. The van der Waals surface area contributed by atoms with E-state index in [4.69, 9.17) is 44.9 Å². The Labute approximate surface area is 138 Å². The van der Waals surface area contributed by atoms with Gasteiger partial charge in [0.05, 0.1) is 17.2 Å². The number of anilines is 1. The molecule has 0 atom stereocenters. The third-order valence-corrected chi connectivity index (χ3v) is 3.73. The smallest absolute Gasteiger partial charge is 0.270 e. The third kappa shape index (κ3) is 3.97. The van der Waals surface area contributed by atoms with Gasteiger partial charge in [0, 0.05) is 19.2 Å². The minimum absolute atomic E-state index is 0.231. The Hall–Kier alpha value is -1.56. The van der Waals surface area contributed by atoms with Crippen LogP contribution in [0.25, 0.3) is 0 Å². The van der Waals surface area contributed by atoms with Gasteiger partial charge in [0.2, 0.25) is 5.88 Å². The topological polar surface area (TPSA) is 34.6 Å². The van der Waals surface area contributed by atoms with E-state index >= 15 is 0 Å². The van der Waals surface area contributed by atoms with Gasteiger partial charge in [-0.25, -0.2) is 0 Å². The van der Waals surface area contributed by atoms with E-state index in [2.05, 4.69) is 4.98 Å². The number of thiocarbonyl (C=S) groups is 1. The standard InChI is InChI=1S/C14H12Cl2N2O2S/c1-18(12-4-3-5-13(17-12)19-2)14(21)20-9-6-7-10(15)11(16)8-9/h3-8H,1-2H3.